The average molecular weight is 316 g/mol. The van der Waals surface area contributed by atoms with E-state index in [1.165, 1.54) is 19.2 Å². The number of ether oxygens (including phenoxy) is 2. The maximum Gasteiger partial charge on any atom is 0.338 e. The SMILES string of the molecule is COc1ccc(C(=O)OCC(O)C(O)C(O)C(O)CO)cc1. The lowest BCUT2D eigenvalue weighted by Crippen LogP contribution is -2.47. The predicted octanol–water partition coefficient (Wildman–Crippen LogP) is -1.71. The number of methoxy groups -OCH3 is 1. The summed E-state index contributed by atoms with van der Waals surface area (Å²) in [4.78, 5) is 11.7. The molecule has 4 unspecified atom stereocenters. The molecular weight excluding hydrogens is 296 g/mol. The molecule has 124 valence electrons. The molecule has 5 N–H and O–H groups in total. The first-order valence-electron chi connectivity index (χ1n) is 6.55. The second-order valence-corrected chi connectivity index (χ2v) is 4.63. The third-order valence-electron chi connectivity index (χ3n) is 3.04. The Morgan fingerprint density at radius 2 is 1.59 bits per heavy atom. The van der Waals surface area contributed by atoms with Crippen molar-refractivity contribution < 1.29 is 39.8 Å². The van der Waals surface area contributed by atoms with E-state index in [4.69, 9.17) is 19.7 Å². The van der Waals surface area contributed by atoms with E-state index in [1.54, 1.807) is 12.1 Å². The van der Waals surface area contributed by atoms with Crippen molar-refractivity contribution >= 4 is 5.97 Å². The zero-order chi connectivity index (χ0) is 16.7. The second kappa shape index (κ2) is 8.66. The number of hydrogen-bond acceptors (Lipinski definition) is 8. The van der Waals surface area contributed by atoms with Crippen LogP contribution < -0.4 is 4.74 Å². The topological polar surface area (TPSA) is 137 Å². The molecule has 1 aromatic carbocycles. The van der Waals surface area contributed by atoms with Gasteiger partial charge in [0.05, 0.1) is 19.3 Å². The highest BCUT2D eigenvalue weighted by Crippen LogP contribution is 2.13. The number of rotatable bonds is 8. The molecule has 0 aliphatic heterocycles. The van der Waals surface area contributed by atoms with Gasteiger partial charge in [-0.1, -0.05) is 0 Å². The van der Waals surface area contributed by atoms with Crippen molar-refractivity contribution in [2.45, 2.75) is 24.4 Å². The van der Waals surface area contributed by atoms with Crippen molar-refractivity contribution in [3.8, 4) is 5.75 Å². The highest BCUT2D eigenvalue weighted by molar-refractivity contribution is 5.89. The highest BCUT2D eigenvalue weighted by atomic mass is 16.5. The second-order valence-electron chi connectivity index (χ2n) is 4.63. The quantitative estimate of drug-likeness (QED) is 0.358. The molecular formula is C14H20O8. The molecule has 0 spiro atoms. The van der Waals surface area contributed by atoms with Crippen molar-refractivity contribution in [1.82, 2.24) is 0 Å². The van der Waals surface area contributed by atoms with E-state index >= 15 is 0 Å². The summed E-state index contributed by atoms with van der Waals surface area (Å²) in [7, 11) is 1.48. The normalized spacial score (nSPS) is 16.5. The molecule has 0 saturated carbocycles. The summed E-state index contributed by atoms with van der Waals surface area (Å²) in [5.74, 6) is -0.167. The number of aliphatic hydroxyl groups excluding tert-OH is 5. The molecule has 1 aromatic rings. The summed E-state index contributed by atoms with van der Waals surface area (Å²) in [5.41, 5.74) is 0.221. The van der Waals surface area contributed by atoms with Crippen LogP contribution in [0.4, 0.5) is 0 Å². The average Bonchev–Trinajstić information content (AvgIpc) is 2.57. The van der Waals surface area contributed by atoms with E-state index in [-0.39, 0.29) is 5.56 Å². The minimum absolute atomic E-state index is 0.221. The van der Waals surface area contributed by atoms with Crippen LogP contribution in [0.25, 0.3) is 0 Å². The molecule has 0 aliphatic rings. The van der Waals surface area contributed by atoms with Crippen molar-refractivity contribution in [1.29, 1.82) is 0 Å². The monoisotopic (exact) mass is 316 g/mol. The third kappa shape index (κ3) is 4.93. The largest absolute Gasteiger partial charge is 0.497 e. The Kier molecular flexibility index (Phi) is 7.22. The fourth-order valence-corrected chi connectivity index (χ4v) is 1.63. The van der Waals surface area contributed by atoms with E-state index in [0.29, 0.717) is 5.75 Å². The Hall–Kier alpha value is -1.71. The van der Waals surface area contributed by atoms with Crippen LogP contribution in [0.3, 0.4) is 0 Å². The molecule has 0 saturated heterocycles. The first-order chi connectivity index (χ1) is 10.4. The lowest BCUT2D eigenvalue weighted by Gasteiger charge is -2.25. The van der Waals surface area contributed by atoms with E-state index in [2.05, 4.69) is 0 Å². The summed E-state index contributed by atoms with van der Waals surface area (Å²) < 4.78 is 9.74. The van der Waals surface area contributed by atoms with Gasteiger partial charge in [0.1, 0.15) is 36.8 Å². The molecule has 0 radical (unpaired) electrons. The summed E-state index contributed by atoms with van der Waals surface area (Å²) in [5, 5.41) is 46.4. The summed E-state index contributed by atoms with van der Waals surface area (Å²) in [6, 6.07) is 6.05. The summed E-state index contributed by atoms with van der Waals surface area (Å²) in [6.45, 7) is -1.36. The van der Waals surface area contributed by atoms with Gasteiger partial charge in [-0.3, -0.25) is 0 Å². The molecule has 0 heterocycles. The maximum absolute atomic E-state index is 11.7. The maximum atomic E-state index is 11.7. The van der Waals surface area contributed by atoms with Crippen LogP contribution in [0.5, 0.6) is 5.75 Å². The molecule has 0 amide bonds. The molecule has 1 rings (SSSR count). The van der Waals surface area contributed by atoms with Gasteiger partial charge in [0.25, 0.3) is 0 Å². The van der Waals surface area contributed by atoms with E-state index in [1.807, 2.05) is 0 Å². The summed E-state index contributed by atoms with van der Waals surface area (Å²) in [6.07, 6.45) is -6.76. The van der Waals surface area contributed by atoms with Crippen LogP contribution in [0, 0.1) is 0 Å². The highest BCUT2D eigenvalue weighted by Gasteiger charge is 2.30. The molecule has 0 aromatic heterocycles. The van der Waals surface area contributed by atoms with Crippen LogP contribution in [-0.2, 0) is 4.74 Å². The van der Waals surface area contributed by atoms with Crippen LogP contribution in [0.15, 0.2) is 24.3 Å². The van der Waals surface area contributed by atoms with Crippen molar-refractivity contribution in [2.24, 2.45) is 0 Å². The van der Waals surface area contributed by atoms with Gasteiger partial charge < -0.3 is 35.0 Å². The van der Waals surface area contributed by atoms with Gasteiger partial charge in [-0.05, 0) is 24.3 Å². The number of aliphatic hydroxyl groups is 5. The smallest absolute Gasteiger partial charge is 0.338 e. The van der Waals surface area contributed by atoms with Gasteiger partial charge >= 0.3 is 5.97 Å². The van der Waals surface area contributed by atoms with Crippen LogP contribution in [0.2, 0.25) is 0 Å². The molecule has 0 aliphatic carbocycles. The standard InChI is InChI=1S/C14H20O8/c1-21-9-4-2-8(3-5-9)14(20)22-7-11(17)13(19)12(18)10(16)6-15/h2-5,10-13,15-19H,6-7H2,1H3. The van der Waals surface area contributed by atoms with E-state index in [0.717, 1.165) is 0 Å². The molecule has 0 bridgehead atoms. The van der Waals surface area contributed by atoms with Gasteiger partial charge in [0, 0.05) is 0 Å². The zero-order valence-corrected chi connectivity index (χ0v) is 12.0. The number of hydrogen-bond donors (Lipinski definition) is 5. The fraction of sp³-hybridized carbons (Fsp3) is 0.500. The molecule has 8 nitrogen and oxygen atoms in total. The fourth-order valence-electron chi connectivity index (χ4n) is 1.63. The van der Waals surface area contributed by atoms with Crippen molar-refractivity contribution in [2.75, 3.05) is 20.3 Å². The Balaban J connectivity index is 2.51. The minimum atomic E-state index is -1.77. The van der Waals surface area contributed by atoms with E-state index in [9.17, 15) is 20.1 Å². The van der Waals surface area contributed by atoms with Crippen LogP contribution >= 0.6 is 0 Å². The Morgan fingerprint density at radius 3 is 2.09 bits per heavy atom. The predicted molar refractivity (Wildman–Crippen MR) is 74.4 cm³/mol. The van der Waals surface area contributed by atoms with Crippen molar-refractivity contribution in [3.05, 3.63) is 29.8 Å². The van der Waals surface area contributed by atoms with Gasteiger partial charge in [0.2, 0.25) is 0 Å². The third-order valence-corrected chi connectivity index (χ3v) is 3.04. The zero-order valence-electron chi connectivity index (χ0n) is 12.0. The van der Waals surface area contributed by atoms with Crippen molar-refractivity contribution in [3.63, 3.8) is 0 Å². The lowest BCUT2D eigenvalue weighted by atomic mass is 10.0. The minimum Gasteiger partial charge on any atom is -0.497 e. The van der Waals surface area contributed by atoms with Gasteiger partial charge in [-0.25, -0.2) is 4.79 Å². The first-order valence-corrected chi connectivity index (χ1v) is 6.55. The van der Waals surface area contributed by atoms with Gasteiger partial charge in [-0.15, -0.1) is 0 Å². The van der Waals surface area contributed by atoms with Gasteiger partial charge in [0.15, 0.2) is 0 Å². The molecule has 4 atom stereocenters. The summed E-state index contributed by atoms with van der Waals surface area (Å²) >= 11 is 0. The molecule has 22 heavy (non-hydrogen) atoms. The lowest BCUT2D eigenvalue weighted by molar-refractivity contribution is -0.124. The number of carbonyl (C=O) groups is 1. The molecule has 8 heteroatoms. The van der Waals surface area contributed by atoms with E-state index < -0.39 is 43.6 Å². The Labute approximate surface area is 127 Å². The van der Waals surface area contributed by atoms with Crippen LogP contribution in [0.1, 0.15) is 10.4 Å². The number of carbonyl (C=O) groups excluding carboxylic acids is 1. The van der Waals surface area contributed by atoms with Gasteiger partial charge in [-0.2, -0.15) is 0 Å². The number of benzene rings is 1. The van der Waals surface area contributed by atoms with Crippen LogP contribution in [-0.4, -0.2) is 76.2 Å². The first kappa shape index (κ1) is 18.3. The number of esters is 1. The Bertz CT molecular complexity index is 460. The molecule has 0 fully saturated rings. The Morgan fingerprint density at radius 1 is 1.05 bits per heavy atom.